The molecule has 1 saturated carbocycles. The van der Waals surface area contributed by atoms with Gasteiger partial charge < -0.3 is 10.4 Å². The molecule has 2 aromatic rings. The maximum Gasteiger partial charge on any atom is 0.306 e. The van der Waals surface area contributed by atoms with Crippen LogP contribution in [0.2, 0.25) is 0 Å². The monoisotopic (exact) mass is 421 g/mol. The Labute approximate surface area is 185 Å². The first-order valence-corrected chi connectivity index (χ1v) is 12.2. The molecule has 3 aliphatic rings. The number of pyridine rings is 1. The number of hydrogen-bond donors (Lipinski definition) is 2. The summed E-state index contributed by atoms with van der Waals surface area (Å²) < 4.78 is 0. The molecule has 3 heterocycles. The van der Waals surface area contributed by atoms with Gasteiger partial charge in [0.25, 0.3) is 0 Å². The number of piperidine rings is 2. The van der Waals surface area contributed by atoms with Crippen LogP contribution in [0.15, 0.2) is 30.5 Å². The highest BCUT2D eigenvalue weighted by Gasteiger charge is 2.40. The third-order valence-electron chi connectivity index (χ3n) is 7.99. The van der Waals surface area contributed by atoms with Crippen molar-refractivity contribution in [1.29, 1.82) is 0 Å². The fraction of sp³-hybridized carbons (Fsp3) is 0.615. The Morgan fingerprint density at radius 3 is 2.52 bits per heavy atom. The highest BCUT2D eigenvalue weighted by Crippen LogP contribution is 2.38. The number of aromatic nitrogens is 1. The molecule has 1 aromatic heterocycles. The van der Waals surface area contributed by atoms with Crippen molar-refractivity contribution >= 4 is 22.6 Å². The van der Waals surface area contributed by atoms with Crippen LogP contribution < -0.4 is 5.32 Å². The van der Waals surface area contributed by atoms with E-state index in [4.69, 9.17) is 4.98 Å². The van der Waals surface area contributed by atoms with E-state index in [1.165, 1.54) is 48.4 Å². The van der Waals surface area contributed by atoms with E-state index in [1.807, 2.05) is 6.20 Å². The van der Waals surface area contributed by atoms with Gasteiger partial charge in [0.2, 0.25) is 0 Å². The summed E-state index contributed by atoms with van der Waals surface area (Å²) in [6, 6.07) is 10.3. The van der Waals surface area contributed by atoms with Crippen LogP contribution in [0.3, 0.4) is 0 Å². The molecule has 2 bridgehead atoms. The van der Waals surface area contributed by atoms with E-state index in [1.54, 1.807) is 0 Å². The van der Waals surface area contributed by atoms with Gasteiger partial charge in [-0.1, -0.05) is 25.5 Å². The number of nitrogens with one attached hydrogen (secondary N) is 1. The van der Waals surface area contributed by atoms with Gasteiger partial charge in [0.05, 0.1) is 5.92 Å². The highest BCUT2D eigenvalue weighted by molar-refractivity contribution is 5.84. The number of carboxylic acid groups (broad SMARTS) is 1. The lowest BCUT2D eigenvalue weighted by Gasteiger charge is -2.48. The SMILES string of the molecule is C[C@H]1CC[C@H](Nc2cc3ccc(CN4C5CCCC4CC(C(=O)O)C5)cc3cn2)CC1. The number of hydrogen-bond acceptors (Lipinski definition) is 4. The Hall–Kier alpha value is -2.14. The molecule has 3 fully saturated rings. The second-order valence-electron chi connectivity index (χ2n) is 10.3. The van der Waals surface area contributed by atoms with E-state index in [0.717, 1.165) is 44.0 Å². The van der Waals surface area contributed by atoms with Crippen LogP contribution in [0.25, 0.3) is 10.8 Å². The average Bonchev–Trinajstić information content (AvgIpc) is 2.75. The second-order valence-corrected chi connectivity index (χ2v) is 10.3. The van der Waals surface area contributed by atoms with Crippen LogP contribution >= 0.6 is 0 Å². The van der Waals surface area contributed by atoms with Gasteiger partial charge in [0, 0.05) is 36.3 Å². The van der Waals surface area contributed by atoms with Crippen molar-refractivity contribution in [2.24, 2.45) is 11.8 Å². The van der Waals surface area contributed by atoms with Gasteiger partial charge in [0.1, 0.15) is 5.82 Å². The van der Waals surface area contributed by atoms with Crippen LogP contribution in [0.4, 0.5) is 5.82 Å². The molecule has 2 aliphatic heterocycles. The number of benzene rings is 1. The van der Waals surface area contributed by atoms with Gasteiger partial charge in [-0.25, -0.2) is 4.98 Å². The zero-order valence-corrected chi connectivity index (χ0v) is 18.6. The van der Waals surface area contributed by atoms with Gasteiger partial charge >= 0.3 is 5.97 Å². The minimum absolute atomic E-state index is 0.161. The third kappa shape index (κ3) is 4.57. The van der Waals surface area contributed by atoms with Gasteiger partial charge in [-0.2, -0.15) is 0 Å². The molecule has 2 unspecified atom stereocenters. The molecule has 5 heteroatoms. The topological polar surface area (TPSA) is 65.5 Å². The lowest BCUT2D eigenvalue weighted by molar-refractivity contribution is -0.146. The Bertz CT molecular complexity index is 923. The summed E-state index contributed by atoms with van der Waals surface area (Å²) in [5.74, 6) is 1.08. The van der Waals surface area contributed by atoms with Crippen LogP contribution in [0.1, 0.15) is 70.3 Å². The lowest BCUT2D eigenvalue weighted by Crippen LogP contribution is -2.52. The van der Waals surface area contributed by atoms with Gasteiger partial charge in [-0.3, -0.25) is 9.69 Å². The first-order valence-electron chi connectivity index (χ1n) is 12.2. The molecule has 166 valence electrons. The van der Waals surface area contributed by atoms with Crippen molar-refractivity contribution < 1.29 is 9.90 Å². The van der Waals surface area contributed by atoms with Crippen molar-refractivity contribution in [2.45, 2.75) is 89.4 Å². The molecule has 5 rings (SSSR count). The van der Waals surface area contributed by atoms with Crippen LogP contribution in [-0.2, 0) is 11.3 Å². The first kappa shape index (κ1) is 20.7. The molecule has 31 heavy (non-hydrogen) atoms. The largest absolute Gasteiger partial charge is 0.481 e. The molecule has 2 atom stereocenters. The van der Waals surface area contributed by atoms with Gasteiger partial charge in [0.15, 0.2) is 0 Å². The van der Waals surface area contributed by atoms with Crippen molar-refractivity contribution in [3.63, 3.8) is 0 Å². The highest BCUT2D eigenvalue weighted by atomic mass is 16.4. The molecule has 1 aliphatic carbocycles. The maximum absolute atomic E-state index is 11.5. The standard InChI is InChI=1S/C26H35N3O2/c1-17-5-9-22(10-6-17)28-25-14-19-8-7-18(11-21(19)15-27-25)16-29-23-3-2-4-24(29)13-20(12-23)26(30)31/h7-8,11,14-15,17,20,22-24H,2-6,9-10,12-13,16H2,1H3,(H,27,28)(H,30,31)/t17-,20?,22-,23?,24?. The van der Waals surface area contributed by atoms with Crippen molar-refractivity contribution in [1.82, 2.24) is 9.88 Å². The van der Waals surface area contributed by atoms with E-state index < -0.39 is 5.97 Å². The molecule has 0 radical (unpaired) electrons. The number of nitrogens with zero attached hydrogens (tertiary/aromatic N) is 2. The summed E-state index contributed by atoms with van der Waals surface area (Å²) in [6.07, 6.45) is 12.2. The van der Waals surface area contributed by atoms with Crippen molar-refractivity contribution in [2.75, 3.05) is 5.32 Å². The number of carboxylic acids is 1. The average molecular weight is 422 g/mol. The molecular weight excluding hydrogens is 386 g/mol. The maximum atomic E-state index is 11.5. The third-order valence-corrected chi connectivity index (χ3v) is 7.99. The van der Waals surface area contributed by atoms with Crippen LogP contribution in [-0.4, -0.2) is 39.1 Å². The van der Waals surface area contributed by atoms with Gasteiger partial charge in [-0.05, 0) is 80.4 Å². The fourth-order valence-electron chi connectivity index (χ4n) is 6.13. The molecule has 0 spiro atoms. The number of aliphatic carboxylic acids is 1. The van der Waals surface area contributed by atoms with Crippen LogP contribution in [0.5, 0.6) is 0 Å². The van der Waals surface area contributed by atoms with E-state index >= 15 is 0 Å². The fourth-order valence-corrected chi connectivity index (χ4v) is 6.13. The minimum atomic E-state index is -0.611. The molecule has 2 N–H and O–H groups in total. The molecule has 1 aromatic carbocycles. The van der Waals surface area contributed by atoms with E-state index in [9.17, 15) is 9.90 Å². The number of carbonyl (C=O) groups is 1. The van der Waals surface area contributed by atoms with Crippen LogP contribution in [0, 0.1) is 11.8 Å². The Morgan fingerprint density at radius 2 is 1.81 bits per heavy atom. The zero-order valence-electron chi connectivity index (χ0n) is 18.6. The summed E-state index contributed by atoms with van der Waals surface area (Å²) in [5.41, 5.74) is 1.31. The quantitative estimate of drug-likeness (QED) is 0.673. The molecular formula is C26H35N3O2. The van der Waals surface area contributed by atoms with Gasteiger partial charge in [-0.15, -0.1) is 0 Å². The molecule has 5 nitrogen and oxygen atoms in total. The number of rotatable bonds is 5. The lowest BCUT2D eigenvalue weighted by atomic mass is 9.78. The zero-order chi connectivity index (χ0) is 21.4. The summed E-state index contributed by atoms with van der Waals surface area (Å²) in [7, 11) is 0. The predicted molar refractivity (Wildman–Crippen MR) is 124 cm³/mol. The predicted octanol–water partition coefficient (Wildman–Crippen LogP) is 5.44. The Morgan fingerprint density at radius 1 is 1.06 bits per heavy atom. The second kappa shape index (κ2) is 8.78. The summed E-state index contributed by atoms with van der Waals surface area (Å²) in [6.45, 7) is 3.27. The smallest absolute Gasteiger partial charge is 0.306 e. The van der Waals surface area contributed by atoms with Crippen molar-refractivity contribution in [3.8, 4) is 0 Å². The summed E-state index contributed by atoms with van der Waals surface area (Å²) in [5, 5.41) is 15.6. The minimum Gasteiger partial charge on any atom is -0.481 e. The number of fused-ring (bicyclic) bond motifs is 3. The molecule has 2 saturated heterocycles. The van der Waals surface area contributed by atoms with E-state index in [2.05, 4.69) is 41.4 Å². The molecule has 0 amide bonds. The Kier molecular flexibility index (Phi) is 5.87. The summed E-state index contributed by atoms with van der Waals surface area (Å²) >= 11 is 0. The normalized spacial score (nSPS) is 31.5. The van der Waals surface area contributed by atoms with E-state index in [-0.39, 0.29) is 5.92 Å². The van der Waals surface area contributed by atoms with E-state index in [0.29, 0.717) is 18.1 Å². The summed E-state index contributed by atoms with van der Waals surface area (Å²) in [4.78, 5) is 18.8. The first-order chi connectivity index (χ1) is 15.0. The Balaban J connectivity index is 1.27. The number of anilines is 1. The van der Waals surface area contributed by atoms with Crippen molar-refractivity contribution in [3.05, 3.63) is 36.0 Å².